The van der Waals surface area contributed by atoms with E-state index in [1.54, 1.807) is 22.6 Å². The van der Waals surface area contributed by atoms with Gasteiger partial charge in [0.25, 0.3) is 0 Å². The van der Waals surface area contributed by atoms with Gasteiger partial charge < -0.3 is 19.6 Å². The predicted molar refractivity (Wildman–Crippen MR) is 146 cm³/mol. The van der Waals surface area contributed by atoms with Crippen molar-refractivity contribution in [3.05, 3.63) is 47.1 Å². The van der Waals surface area contributed by atoms with Crippen LogP contribution in [-0.4, -0.2) is 53.8 Å². The molecule has 1 unspecified atom stereocenters. The zero-order chi connectivity index (χ0) is 26.6. The summed E-state index contributed by atoms with van der Waals surface area (Å²) in [4.78, 5) is 21.8. The number of aromatic amines is 1. The number of aryl methyl sites for hydroxylation is 2. The first-order valence-corrected chi connectivity index (χ1v) is 13.0. The van der Waals surface area contributed by atoms with Crippen molar-refractivity contribution in [2.24, 2.45) is 14.1 Å². The molecule has 10 nitrogen and oxygen atoms in total. The number of hydrogen-bond donors (Lipinski definition) is 2. The molecule has 1 aromatic carbocycles. The highest BCUT2D eigenvalue weighted by molar-refractivity contribution is 6.14. The van der Waals surface area contributed by atoms with E-state index in [0.717, 1.165) is 64.5 Å². The van der Waals surface area contributed by atoms with Crippen molar-refractivity contribution < 1.29 is 14.6 Å². The quantitative estimate of drug-likeness (QED) is 0.336. The van der Waals surface area contributed by atoms with Gasteiger partial charge in [0.2, 0.25) is 5.88 Å². The highest BCUT2D eigenvalue weighted by Gasteiger charge is 2.28. The Bertz CT molecular complexity index is 1680. The molecule has 5 aromatic rings. The number of aliphatic hydroxyl groups excluding tert-OH is 1. The van der Waals surface area contributed by atoms with Gasteiger partial charge >= 0.3 is 5.69 Å². The molecule has 0 bridgehead atoms. The van der Waals surface area contributed by atoms with E-state index in [1.165, 1.54) is 0 Å². The van der Waals surface area contributed by atoms with Crippen LogP contribution in [0.25, 0.3) is 44.5 Å². The minimum atomic E-state index is -0.307. The molecule has 1 aliphatic carbocycles. The summed E-state index contributed by atoms with van der Waals surface area (Å²) in [7, 11) is 5.28. The number of aliphatic hydroxyl groups is 1. The summed E-state index contributed by atoms with van der Waals surface area (Å²) in [6.07, 6.45) is 7.60. The van der Waals surface area contributed by atoms with Crippen LogP contribution in [0, 0.1) is 0 Å². The molecular formula is C28H32N6O4. The monoisotopic (exact) mass is 516 g/mol. The maximum Gasteiger partial charge on any atom is 0.329 e. The molecule has 10 heteroatoms. The van der Waals surface area contributed by atoms with Gasteiger partial charge in [-0.05, 0) is 37.5 Å². The molecule has 6 rings (SSSR count). The van der Waals surface area contributed by atoms with Crippen molar-refractivity contribution >= 4 is 22.1 Å². The lowest BCUT2D eigenvalue weighted by Gasteiger charge is -2.14. The maximum atomic E-state index is 13.5. The van der Waals surface area contributed by atoms with E-state index < -0.39 is 0 Å². The van der Waals surface area contributed by atoms with Gasteiger partial charge in [-0.3, -0.25) is 13.8 Å². The third-order valence-electron chi connectivity index (χ3n) is 7.56. The molecule has 1 atom stereocenters. The van der Waals surface area contributed by atoms with E-state index >= 15 is 0 Å². The van der Waals surface area contributed by atoms with Crippen molar-refractivity contribution in [2.45, 2.75) is 44.8 Å². The number of methoxy groups -OCH3 is 1. The Morgan fingerprint density at radius 2 is 1.92 bits per heavy atom. The van der Waals surface area contributed by atoms with Crippen LogP contribution in [-0.2, 0) is 14.1 Å². The second-order valence-corrected chi connectivity index (χ2v) is 10.1. The number of nitrogens with one attached hydrogen (secondary N) is 1. The molecule has 0 radical (unpaired) electrons. The molecule has 4 aromatic heterocycles. The Hall–Kier alpha value is -4.05. The average Bonchev–Trinajstić information content (AvgIpc) is 3.70. The van der Waals surface area contributed by atoms with E-state index in [4.69, 9.17) is 14.5 Å². The Kier molecular flexibility index (Phi) is 5.98. The van der Waals surface area contributed by atoms with E-state index in [9.17, 15) is 9.90 Å². The van der Waals surface area contributed by atoms with Gasteiger partial charge in [-0.2, -0.15) is 0 Å². The summed E-state index contributed by atoms with van der Waals surface area (Å²) < 4.78 is 16.8. The van der Waals surface area contributed by atoms with Gasteiger partial charge in [-0.15, -0.1) is 5.10 Å². The molecule has 0 amide bonds. The van der Waals surface area contributed by atoms with Gasteiger partial charge in [-0.1, -0.05) is 25.0 Å². The van der Waals surface area contributed by atoms with E-state index in [0.29, 0.717) is 17.3 Å². The number of benzene rings is 1. The fraction of sp³-hybridized carbons (Fsp3) is 0.393. The van der Waals surface area contributed by atoms with Crippen LogP contribution in [0.3, 0.4) is 0 Å². The second kappa shape index (κ2) is 9.36. The fourth-order valence-electron chi connectivity index (χ4n) is 5.73. The van der Waals surface area contributed by atoms with Crippen LogP contribution in [0.2, 0.25) is 0 Å². The topological polar surface area (TPSA) is 112 Å². The third kappa shape index (κ3) is 3.78. The zero-order valence-electron chi connectivity index (χ0n) is 22.1. The van der Waals surface area contributed by atoms with Crippen LogP contribution in [0.1, 0.15) is 38.6 Å². The molecule has 38 heavy (non-hydrogen) atoms. The predicted octanol–water partition coefficient (Wildman–Crippen LogP) is 4.17. The lowest BCUT2D eigenvalue weighted by Crippen LogP contribution is -2.24. The van der Waals surface area contributed by atoms with Gasteiger partial charge in [0.15, 0.2) is 0 Å². The fourth-order valence-corrected chi connectivity index (χ4v) is 5.73. The van der Waals surface area contributed by atoms with Crippen molar-refractivity contribution in [1.82, 2.24) is 28.9 Å². The van der Waals surface area contributed by atoms with Crippen LogP contribution >= 0.6 is 0 Å². The van der Waals surface area contributed by atoms with Crippen molar-refractivity contribution in [1.29, 1.82) is 0 Å². The van der Waals surface area contributed by atoms with Gasteiger partial charge in [0, 0.05) is 31.9 Å². The average molecular weight is 517 g/mol. The van der Waals surface area contributed by atoms with E-state index in [-0.39, 0.29) is 24.4 Å². The zero-order valence-corrected chi connectivity index (χ0v) is 22.1. The number of aromatic nitrogens is 6. The molecule has 0 spiro atoms. The molecule has 1 saturated carbocycles. The van der Waals surface area contributed by atoms with E-state index in [2.05, 4.69) is 10.1 Å². The highest BCUT2D eigenvalue weighted by Crippen LogP contribution is 2.44. The molecule has 2 N–H and O–H groups in total. The first kappa shape index (κ1) is 24.3. The molecule has 198 valence electrons. The van der Waals surface area contributed by atoms with Crippen molar-refractivity contribution in [3.63, 3.8) is 0 Å². The maximum absolute atomic E-state index is 13.5. The summed E-state index contributed by atoms with van der Waals surface area (Å²) >= 11 is 0. The Morgan fingerprint density at radius 3 is 2.61 bits per heavy atom. The molecule has 1 fully saturated rings. The van der Waals surface area contributed by atoms with Crippen molar-refractivity contribution in [3.8, 4) is 34.0 Å². The van der Waals surface area contributed by atoms with Gasteiger partial charge in [-0.25, -0.2) is 9.78 Å². The lowest BCUT2D eigenvalue weighted by atomic mass is 9.99. The number of fused-ring (bicyclic) bond motifs is 3. The summed E-state index contributed by atoms with van der Waals surface area (Å²) in [5, 5.41) is 14.8. The third-order valence-corrected chi connectivity index (χ3v) is 7.56. The summed E-state index contributed by atoms with van der Waals surface area (Å²) in [6.45, 7) is 1.76. The number of pyridine rings is 1. The number of nitrogens with zero attached hydrogens (tertiary/aromatic N) is 5. The number of hydrogen-bond acceptors (Lipinski definition) is 6. The molecule has 0 saturated heterocycles. The smallest absolute Gasteiger partial charge is 0.329 e. The summed E-state index contributed by atoms with van der Waals surface area (Å²) in [6, 6.07) is 7.94. The van der Waals surface area contributed by atoms with E-state index in [1.807, 2.05) is 56.0 Å². The summed E-state index contributed by atoms with van der Waals surface area (Å²) in [5.41, 5.74) is 5.84. The molecule has 4 heterocycles. The summed E-state index contributed by atoms with van der Waals surface area (Å²) in [5.74, 6) is 1.16. The lowest BCUT2D eigenvalue weighted by molar-refractivity contribution is 0.130. The SMILES string of the molecule is COc1nn(C)cc1-c1[nH]c2ncc3c(c2c1-c1ccc(OC(C)CO)cc1)n(C1CCCC1)c(=O)n3C. The Labute approximate surface area is 219 Å². The number of imidazole rings is 1. The largest absolute Gasteiger partial charge is 0.488 e. The first-order valence-electron chi connectivity index (χ1n) is 13.0. The minimum Gasteiger partial charge on any atom is -0.488 e. The van der Waals surface area contributed by atoms with Gasteiger partial charge in [0.1, 0.15) is 17.5 Å². The molecule has 0 aliphatic heterocycles. The minimum absolute atomic E-state index is 0.0180. The number of rotatable bonds is 7. The Balaban J connectivity index is 1.68. The van der Waals surface area contributed by atoms with Crippen LogP contribution in [0.5, 0.6) is 11.6 Å². The molecule has 1 aliphatic rings. The van der Waals surface area contributed by atoms with Gasteiger partial charge in [0.05, 0.1) is 47.6 Å². The molecular weight excluding hydrogens is 484 g/mol. The second-order valence-electron chi connectivity index (χ2n) is 10.1. The number of H-pyrrole nitrogens is 1. The number of ether oxygens (including phenoxy) is 2. The highest BCUT2D eigenvalue weighted by atomic mass is 16.5. The van der Waals surface area contributed by atoms with Crippen LogP contribution in [0.4, 0.5) is 0 Å². The van der Waals surface area contributed by atoms with Crippen molar-refractivity contribution in [2.75, 3.05) is 13.7 Å². The standard InChI is InChI=1S/C28H32N6O4/c1-16(15-35)38-19-11-9-17(10-12-19)22-23-25-21(33(3)28(36)34(25)18-7-5-6-8-18)13-29-26(23)30-24(22)20-14-32(2)31-27(20)37-4/h9-14,16,18,35H,5-8,15H2,1-4H3,(H,29,30). The normalized spacial score (nSPS) is 15.1. The Morgan fingerprint density at radius 1 is 1.18 bits per heavy atom. The van der Waals surface area contributed by atoms with Crippen LogP contribution in [0.15, 0.2) is 41.5 Å². The first-order chi connectivity index (χ1) is 18.4. The van der Waals surface area contributed by atoms with Crippen LogP contribution < -0.4 is 15.2 Å².